The Morgan fingerprint density at radius 2 is 2.10 bits per heavy atom. The summed E-state index contributed by atoms with van der Waals surface area (Å²) >= 11 is 1.51. The molecule has 4 nitrogen and oxygen atoms in total. The molecule has 0 saturated heterocycles. The number of hydrogen-bond acceptors (Lipinski definition) is 4. The lowest BCUT2D eigenvalue weighted by molar-refractivity contribution is -0.128. The fraction of sp³-hybridized carbons (Fsp3) is 0.333. The van der Waals surface area contributed by atoms with Gasteiger partial charge in [0.25, 0.3) is 0 Å². The number of hydrogen-bond donors (Lipinski definition) is 1. The van der Waals surface area contributed by atoms with Crippen molar-refractivity contribution in [2.45, 2.75) is 13.5 Å². The molecule has 0 bridgehead atoms. The van der Waals surface area contributed by atoms with E-state index < -0.39 is 0 Å². The molecule has 1 N–H and O–H groups in total. The normalized spacial score (nSPS) is 10.6. The Balaban J connectivity index is 1.89. The summed E-state index contributed by atoms with van der Waals surface area (Å²) < 4.78 is 12.9. The fourth-order valence-electron chi connectivity index (χ4n) is 1.72. The number of halogens is 1. The van der Waals surface area contributed by atoms with Gasteiger partial charge in [0.2, 0.25) is 5.91 Å². The Morgan fingerprint density at radius 3 is 2.76 bits per heavy atom. The maximum Gasteiger partial charge on any atom is 0.236 e. The second-order valence-corrected chi connectivity index (χ2v) is 5.52. The van der Waals surface area contributed by atoms with Crippen LogP contribution in [0.1, 0.15) is 12.6 Å². The highest BCUT2D eigenvalue weighted by molar-refractivity contribution is 7.13. The first-order valence-electron chi connectivity index (χ1n) is 6.75. The number of nitrogens with one attached hydrogen (secondary N) is 1. The summed E-state index contributed by atoms with van der Waals surface area (Å²) in [5, 5.41) is 5.88. The Bertz CT molecular complexity index is 597. The van der Waals surface area contributed by atoms with E-state index in [0.29, 0.717) is 19.6 Å². The highest BCUT2D eigenvalue weighted by Crippen LogP contribution is 2.23. The highest BCUT2D eigenvalue weighted by atomic mass is 32.1. The third kappa shape index (κ3) is 4.34. The standard InChI is InChI=1S/C15H18FN3OS/c1-3-19(2)14(20)9-17-8-13-10-21-15(18-13)11-4-6-12(16)7-5-11/h4-7,10,17H,3,8-9H2,1-2H3. The smallest absolute Gasteiger partial charge is 0.236 e. The Labute approximate surface area is 127 Å². The van der Waals surface area contributed by atoms with Crippen LogP contribution in [0.5, 0.6) is 0 Å². The summed E-state index contributed by atoms with van der Waals surface area (Å²) in [6.07, 6.45) is 0. The van der Waals surface area contributed by atoms with E-state index in [1.165, 1.54) is 23.5 Å². The van der Waals surface area contributed by atoms with Crippen LogP contribution in [0, 0.1) is 5.82 Å². The summed E-state index contributed by atoms with van der Waals surface area (Å²) in [5.74, 6) is -0.192. The van der Waals surface area contributed by atoms with Crippen LogP contribution in [-0.2, 0) is 11.3 Å². The van der Waals surface area contributed by atoms with Gasteiger partial charge in [0.1, 0.15) is 10.8 Å². The molecule has 0 spiro atoms. The molecule has 1 aromatic carbocycles. The first kappa shape index (κ1) is 15.6. The Kier molecular flexibility index (Phi) is 5.41. The molecule has 0 saturated carbocycles. The van der Waals surface area contributed by atoms with Gasteiger partial charge in [0, 0.05) is 31.1 Å². The first-order valence-corrected chi connectivity index (χ1v) is 7.63. The van der Waals surface area contributed by atoms with Gasteiger partial charge < -0.3 is 10.2 Å². The van der Waals surface area contributed by atoms with Crippen molar-refractivity contribution >= 4 is 17.2 Å². The van der Waals surface area contributed by atoms with Crippen molar-refractivity contribution < 1.29 is 9.18 Å². The molecule has 21 heavy (non-hydrogen) atoms. The molecule has 0 radical (unpaired) electrons. The number of likely N-dealkylation sites (N-methyl/N-ethyl adjacent to an activating group) is 1. The van der Waals surface area contributed by atoms with Gasteiger partial charge in [0.05, 0.1) is 12.2 Å². The van der Waals surface area contributed by atoms with Crippen LogP contribution >= 0.6 is 11.3 Å². The summed E-state index contributed by atoms with van der Waals surface area (Å²) in [6, 6.07) is 6.28. The molecule has 1 amide bonds. The van der Waals surface area contributed by atoms with Gasteiger partial charge in [0.15, 0.2) is 0 Å². The molecule has 0 aliphatic rings. The number of nitrogens with zero attached hydrogens (tertiary/aromatic N) is 2. The van der Waals surface area contributed by atoms with Crippen LogP contribution < -0.4 is 5.32 Å². The van der Waals surface area contributed by atoms with Gasteiger partial charge in [-0.05, 0) is 31.2 Å². The van der Waals surface area contributed by atoms with Crippen molar-refractivity contribution in [3.63, 3.8) is 0 Å². The third-order valence-electron chi connectivity index (χ3n) is 3.13. The van der Waals surface area contributed by atoms with E-state index in [9.17, 15) is 9.18 Å². The second kappa shape index (κ2) is 7.28. The minimum Gasteiger partial charge on any atom is -0.345 e. The molecule has 112 valence electrons. The SMILES string of the molecule is CCN(C)C(=O)CNCc1csc(-c2ccc(F)cc2)n1. The topological polar surface area (TPSA) is 45.2 Å². The van der Waals surface area contributed by atoms with E-state index >= 15 is 0 Å². The lowest BCUT2D eigenvalue weighted by Crippen LogP contribution is -2.35. The van der Waals surface area contributed by atoms with Crippen molar-refractivity contribution in [1.29, 1.82) is 0 Å². The van der Waals surface area contributed by atoms with E-state index in [2.05, 4.69) is 10.3 Å². The quantitative estimate of drug-likeness (QED) is 0.892. The molecule has 2 rings (SSSR count). The molecule has 0 aliphatic heterocycles. The molecule has 2 aromatic rings. The maximum atomic E-state index is 12.9. The van der Waals surface area contributed by atoms with Crippen molar-refractivity contribution in [2.24, 2.45) is 0 Å². The van der Waals surface area contributed by atoms with Crippen LogP contribution in [0.2, 0.25) is 0 Å². The molecular formula is C15H18FN3OS. The summed E-state index contributed by atoms with van der Waals surface area (Å²) in [7, 11) is 1.78. The van der Waals surface area contributed by atoms with Crippen LogP contribution in [0.15, 0.2) is 29.6 Å². The Hall–Kier alpha value is -1.79. The molecular weight excluding hydrogens is 289 g/mol. The largest absolute Gasteiger partial charge is 0.345 e. The number of thiazole rings is 1. The van der Waals surface area contributed by atoms with E-state index in [-0.39, 0.29) is 11.7 Å². The van der Waals surface area contributed by atoms with Gasteiger partial charge in [-0.25, -0.2) is 9.37 Å². The van der Waals surface area contributed by atoms with Crippen LogP contribution in [0.3, 0.4) is 0 Å². The van der Waals surface area contributed by atoms with Crippen LogP contribution in [0.4, 0.5) is 4.39 Å². The van der Waals surface area contributed by atoms with Crippen molar-refractivity contribution in [2.75, 3.05) is 20.1 Å². The third-order valence-corrected chi connectivity index (χ3v) is 4.07. The van der Waals surface area contributed by atoms with Gasteiger partial charge in [-0.1, -0.05) is 0 Å². The fourth-order valence-corrected chi connectivity index (χ4v) is 2.55. The molecule has 0 unspecified atom stereocenters. The summed E-state index contributed by atoms with van der Waals surface area (Å²) in [5.41, 5.74) is 1.78. The number of benzene rings is 1. The van der Waals surface area contributed by atoms with Crippen molar-refractivity contribution in [3.05, 3.63) is 41.2 Å². The average Bonchev–Trinajstić information content (AvgIpc) is 2.95. The number of aromatic nitrogens is 1. The van der Waals surface area contributed by atoms with E-state index in [1.807, 2.05) is 12.3 Å². The number of amides is 1. The van der Waals surface area contributed by atoms with Crippen molar-refractivity contribution in [1.82, 2.24) is 15.2 Å². The predicted molar refractivity (Wildman–Crippen MR) is 82.5 cm³/mol. The lowest BCUT2D eigenvalue weighted by atomic mass is 10.2. The summed E-state index contributed by atoms with van der Waals surface area (Å²) in [4.78, 5) is 17.8. The van der Waals surface area contributed by atoms with Crippen LogP contribution in [-0.4, -0.2) is 35.9 Å². The van der Waals surface area contributed by atoms with E-state index in [1.54, 1.807) is 24.1 Å². The zero-order chi connectivity index (χ0) is 15.2. The molecule has 0 atom stereocenters. The summed E-state index contributed by atoms with van der Waals surface area (Å²) in [6.45, 7) is 3.48. The van der Waals surface area contributed by atoms with Crippen molar-refractivity contribution in [3.8, 4) is 10.6 Å². The van der Waals surface area contributed by atoms with E-state index in [0.717, 1.165) is 16.3 Å². The molecule has 1 aromatic heterocycles. The Morgan fingerprint density at radius 1 is 1.38 bits per heavy atom. The molecule has 6 heteroatoms. The number of carbonyl (C=O) groups is 1. The molecule has 0 aliphatic carbocycles. The van der Waals surface area contributed by atoms with Gasteiger partial charge in [-0.15, -0.1) is 11.3 Å². The minimum absolute atomic E-state index is 0.0616. The van der Waals surface area contributed by atoms with Gasteiger partial charge in [-0.2, -0.15) is 0 Å². The molecule has 0 fully saturated rings. The van der Waals surface area contributed by atoms with E-state index in [4.69, 9.17) is 0 Å². The maximum absolute atomic E-state index is 12.9. The van der Waals surface area contributed by atoms with Gasteiger partial charge in [-0.3, -0.25) is 4.79 Å². The predicted octanol–water partition coefficient (Wildman–Crippen LogP) is 2.52. The second-order valence-electron chi connectivity index (χ2n) is 4.66. The monoisotopic (exact) mass is 307 g/mol. The average molecular weight is 307 g/mol. The first-order chi connectivity index (χ1) is 10.1. The van der Waals surface area contributed by atoms with Gasteiger partial charge >= 0.3 is 0 Å². The lowest BCUT2D eigenvalue weighted by Gasteiger charge is -2.14. The minimum atomic E-state index is -0.254. The zero-order valence-electron chi connectivity index (χ0n) is 12.1. The number of rotatable bonds is 6. The highest BCUT2D eigenvalue weighted by Gasteiger charge is 2.08. The molecule has 1 heterocycles. The zero-order valence-corrected chi connectivity index (χ0v) is 12.9. The number of carbonyl (C=O) groups excluding carboxylic acids is 1. The van der Waals surface area contributed by atoms with Crippen LogP contribution in [0.25, 0.3) is 10.6 Å².